The Kier molecular flexibility index (Phi) is 10.5. The average Bonchev–Trinajstić information content (AvgIpc) is 3.56. The maximum Gasteiger partial charge on any atom is 0.334 e. The molecule has 2 aromatic rings. The fraction of sp³-hybridized carbons (Fsp3) is 0.394. The minimum Gasteiger partial charge on any atom is -0.478 e. The van der Waals surface area contributed by atoms with Crippen molar-refractivity contribution in [2.45, 2.75) is 38.0 Å². The third-order valence-corrected chi connectivity index (χ3v) is 9.31. The summed E-state index contributed by atoms with van der Waals surface area (Å²) in [6, 6.07) is 14.2. The Morgan fingerprint density at radius 2 is 1.29 bits per heavy atom. The second kappa shape index (κ2) is 14.5. The van der Waals surface area contributed by atoms with E-state index in [9.17, 15) is 29.4 Å². The van der Waals surface area contributed by atoms with Gasteiger partial charge in [0, 0.05) is 66.3 Å². The predicted octanol–water partition coefficient (Wildman–Crippen LogP) is 4.15. The van der Waals surface area contributed by atoms with E-state index in [1.54, 1.807) is 11.0 Å². The van der Waals surface area contributed by atoms with Crippen LogP contribution in [-0.2, 0) is 25.6 Å². The summed E-state index contributed by atoms with van der Waals surface area (Å²) in [6.45, 7) is 3.71. The van der Waals surface area contributed by atoms with E-state index < -0.39 is 17.9 Å². The van der Waals surface area contributed by atoms with Crippen molar-refractivity contribution in [1.82, 2.24) is 20.0 Å². The second-order valence-corrected chi connectivity index (χ2v) is 12.3. The number of likely N-dealkylation sites (tertiary alicyclic amines) is 1. The molecule has 3 N–H and O–H groups in total. The van der Waals surface area contributed by atoms with Gasteiger partial charge < -0.3 is 25.3 Å². The van der Waals surface area contributed by atoms with Gasteiger partial charge in [0.2, 0.25) is 11.8 Å². The van der Waals surface area contributed by atoms with Crippen molar-refractivity contribution >= 4 is 47.0 Å². The van der Waals surface area contributed by atoms with Gasteiger partial charge in [-0.2, -0.15) is 0 Å². The summed E-state index contributed by atoms with van der Waals surface area (Å²) in [5.74, 6) is -4.20. The third-order valence-electron chi connectivity index (χ3n) is 8.66. The van der Waals surface area contributed by atoms with Crippen molar-refractivity contribution in [3.05, 3.63) is 92.2 Å². The number of hydrogen-bond donors (Lipinski definition) is 3. The number of hydrogen-bond acceptors (Lipinski definition) is 6. The molecule has 2 aromatic carbocycles. The Hall–Kier alpha value is -3.86. The van der Waals surface area contributed by atoms with E-state index in [2.05, 4.69) is 5.32 Å². The summed E-state index contributed by atoms with van der Waals surface area (Å²) >= 11 is 13.1. The van der Waals surface area contributed by atoms with Gasteiger partial charge in [0.05, 0.1) is 30.0 Å². The number of benzene rings is 2. The van der Waals surface area contributed by atoms with Crippen molar-refractivity contribution in [2.75, 3.05) is 45.8 Å². The maximum atomic E-state index is 13.6. The molecule has 0 aliphatic carbocycles. The fourth-order valence-electron chi connectivity index (χ4n) is 6.32. The first-order valence-corrected chi connectivity index (χ1v) is 15.8. The lowest BCUT2D eigenvalue weighted by Gasteiger charge is -2.36. The monoisotopic (exact) mass is 654 g/mol. The Morgan fingerprint density at radius 1 is 0.711 bits per heavy atom. The van der Waals surface area contributed by atoms with Crippen LogP contribution >= 0.6 is 23.2 Å². The van der Waals surface area contributed by atoms with E-state index in [1.165, 1.54) is 12.1 Å². The van der Waals surface area contributed by atoms with Gasteiger partial charge in [0.25, 0.3) is 0 Å². The first-order valence-electron chi connectivity index (χ1n) is 15.1. The molecule has 10 nitrogen and oxygen atoms in total. The zero-order chi connectivity index (χ0) is 32.1. The fourth-order valence-corrected chi connectivity index (χ4v) is 6.93. The smallest absolute Gasteiger partial charge is 0.334 e. The topological polar surface area (TPSA) is 130 Å². The Labute approximate surface area is 271 Å². The summed E-state index contributed by atoms with van der Waals surface area (Å²) in [5, 5.41) is 24.2. The Morgan fingerprint density at radius 3 is 1.89 bits per heavy atom. The highest BCUT2D eigenvalue weighted by molar-refractivity contribution is 6.36. The van der Waals surface area contributed by atoms with Gasteiger partial charge in [-0.3, -0.25) is 14.5 Å². The molecule has 0 spiro atoms. The molecule has 12 heteroatoms. The van der Waals surface area contributed by atoms with E-state index in [0.29, 0.717) is 44.8 Å². The van der Waals surface area contributed by atoms with Crippen LogP contribution in [0.15, 0.2) is 71.1 Å². The number of nitrogens with zero attached hydrogens (tertiary/aromatic N) is 3. The summed E-state index contributed by atoms with van der Waals surface area (Å²) in [7, 11) is 0. The lowest BCUT2D eigenvalue weighted by molar-refractivity contribution is -0.135. The summed E-state index contributed by atoms with van der Waals surface area (Å²) in [4.78, 5) is 57.5. The van der Waals surface area contributed by atoms with Crippen molar-refractivity contribution in [2.24, 2.45) is 0 Å². The van der Waals surface area contributed by atoms with Crippen molar-refractivity contribution in [3.63, 3.8) is 0 Å². The van der Waals surface area contributed by atoms with Crippen LogP contribution in [0.5, 0.6) is 0 Å². The van der Waals surface area contributed by atoms with Gasteiger partial charge in [-0.05, 0) is 43.4 Å². The lowest BCUT2D eigenvalue weighted by Crippen LogP contribution is -2.51. The van der Waals surface area contributed by atoms with Crippen LogP contribution in [0, 0.1) is 0 Å². The number of nitrogens with one attached hydrogen (secondary N) is 1. The normalized spacial score (nSPS) is 19.1. The number of allylic oxidation sites excluding steroid dienone is 1. The van der Waals surface area contributed by atoms with Crippen molar-refractivity contribution in [3.8, 4) is 0 Å². The van der Waals surface area contributed by atoms with Gasteiger partial charge in [0.15, 0.2) is 0 Å². The molecule has 1 atom stereocenters. The number of carbonyl (C=O) groups excluding carboxylic acids is 2. The van der Waals surface area contributed by atoms with Crippen LogP contribution < -0.4 is 5.32 Å². The number of dihydropyridines is 1. The van der Waals surface area contributed by atoms with E-state index in [0.717, 1.165) is 31.5 Å². The molecule has 238 valence electrons. The number of piperazine rings is 1. The second-order valence-electron chi connectivity index (χ2n) is 11.5. The number of carboxylic acid groups (broad SMARTS) is 2. The molecule has 5 rings (SSSR count). The van der Waals surface area contributed by atoms with Gasteiger partial charge in [-0.25, -0.2) is 9.59 Å². The van der Waals surface area contributed by atoms with E-state index in [1.807, 2.05) is 40.1 Å². The Bertz CT molecular complexity index is 1510. The van der Waals surface area contributed by atoms with Gasteiger partial charge in [-0.1, -0.05) is 59.6 Å². The molecule has 0 bridgehead atoms. The van der Waals surface area contributed by atoms with Crippen LogP contribution in [-0.4, -0.2) is 94.5 Å². The SMILES string of the molecule is O=C(O)C1=C(CCc2ccccc2)NC(CC(=O)N2CCN(CC(=O)N3CCCC3)CC2)=C(C(=O)O)C1c1c(Cl)cccc1Cl. The average molecular weight is 656 g/mol. The number of aryl methyl sites for hydroxylation is 1. The highest BCUT2D eigenvalue weighted by atomic mass is 35.5. The summed E-state index contributed by atoms with van der Waals surface area (Å²) in [6.07, 6.45) is 2.49. The molecule has 45 heavy (non-hydrogen) atoms. The van der Waals surface area contributed by atoms with Crippen molar-refractivity contribution in [1.29, 1.82) is 0 Å². The van der Waals surface area contributed by atoms with Crippen LogP contribution in [0.1, 0.15) is 42.7 Å². The molecule has 0 saturated carbocycles. The standard InChI is InChI=1S/C33H36Cl2N4O6/c34-22-9-6-10-23(35)28(22)31-29(32(42)43)24(12-11-21-7-2-1-3-8-21)36-25(30(31)33(44)45)19-26(40)39-17-15-37(16-18-39)20-27(41)38-13-4-5-14-38/h1-3,6-10,31,36H,4-5,11-20H2,(H,42,43)(H,44,45). The number of aliphatic carboxylic acids is 2. The first-order chi connectivity index (χ1) is 21.6. The lowest BCUT2D eigenvalue weighted by atomic mass is 9.78. The molecule has 0 radical (unpaired) electrons. The third kappa shape index (κ3) is 7.52. The molecule has 3 heterocycles. The summed E-state index contributed by atoms with van der Waals surface area (Å²) in [5.41, 5.74) is 1.07. The number of carboxylic acids is 2. The summed E-state index contributed by atoms with van der Waals surface area (Å²) < 4.78 is 0. The number of amides is 2. The van der Waals surface area contributed by atoms with Crippen LogP contribution in [0.2, 0.25) is 10.0 Å². The predicted molar refractivity (Wildman–Crippen MR) is 170 cm³/mol. The first kappa shape index (κ1) is 32.5. The van der Waals surface area contributed by atoms with E-state index >= 15 is 0 Å². The van der Waals surface area contributed by atoms with E-state index in [-0.39, 0.29) is 57.1 Å². The van der Waals surface area contributed by atoms with Crippen LogP contribution in [0.4, 0.5) is 0 Å². The number of rotatable bonds is 10. The number of carbonyl (C=O) groups is 4. The minimum absolute atomic E-state index is 0.100. The van der Waals surface area contributed by atoms with Crippen LogP contribution in [0.25, 0.3) is 0 Å². The van der Waals surface area contributed by atoms with Gasteiger partial charge in [-0.15, -0.1) is 0 Å². The minimum atomic E-state index is -1.38. The largest absolute Gasteiger partial charge is 0.478 e. The molecule has 2 saturated heterocycles. The Balaban J connectivity index is 1.42. The van der Waals surface area contributed by atoms with Crippen LogP contribution in [0.3, 0.4) is 0 Å². The van der Waals surface area contributed by atoms with Crippen molar-refractivity contribution < 1.29 is 29.4 Å². The molecule has 1 unspecified atom stereocenters. The molecule has 2 fully saturated rings. The molecule has 0 aromatic heterocycles. The zero-order valence-electron chi connectivity index (χ0n) is 24.8. The highest BCUT2D eigenvalue weighted by Crippen LogP contribution is 2.45. The zero-order valence-corrected chi connectivity index (χ0v) is 26.3. The molecule has 2 amide bonds. The highest BCUT2D eigenvalue weighted by Gasteiger charge is 2.41. The van der Waals surface area contributed by atoms with Gasteiger partial charge >= 0.3 is 11.9 Å². The molecule has 3 aliphatic heterocycles. The quantitative estimate of drug-likeness (QED) is 0.348. The van der Waals surface area contributed by atoms with Gasteiger partial charge in [0.1, 0.15) is 0 Å². The molecular formula is C33H36Cl2N4O6. The molecule has 3 aliphatic rings. The maximum absolute atomic E-state index is 13.6. The molecular weight excluding hydrogens is 619 g/mol. The number of halogens is 2. The van der Waals surface area contributed by atoms with E-state index in [4.69, 9.17) is 23.2 Å².